The number of nitrogens with one attached hydrogen (secondary N) is 2. The maximum absolute atomic E-state index is 11.8. The lowest BCUT2D eigenvalue weighted by molar-refractivity contribution is -0.121. The van der Waals surface area contributed by atoms with Gasteiger partial charge in [-0.3, -0.25) is 4.79 Å². The van der Waals surface area contributed by atoms with Crippen LogP contribution < -0.4 is 15.4 Å². The van der Waals surface area contributed by atoms with Gasteiger partial charge in [0, 0.05) is 19.3 Å². The Hall–Kier alpha value is -1.59. The van der Waals surface area contributed by atoms with E-state index in [2.05, 4.69) is 10.6 Å². The van der Waals surface area contributed by atoms with Crippen molar-refractivity contribution >= 4 is 5.91 Å². The van der Waals surface area contributed by atoms with Gasteiger partial charge in [0.1, 0.15) is 5.75 Å². The van der Waals surface area contributed by atoms with Gasteiger partial charge in [0.2, 0.25) is 5.91 Å². The molecule has 0 saturated carbocycles. The number of hydrogen-bond donors (Lipinski definition) is 2. The summed E-state index contributed by atoms with van der Waals surface area (Å²) in [6, 6.07) is 8.26. The summed E-state index contributed by atoms with van der Waals surface area (Å²) < 4.78 is 10.4. The normalized spacial score (nSPS) is 15.7. The predicted octanol–water partition coefficient (Wildman–Crippen LogP) is 1.12. The van der Waals surface area contributed by atoms with Gasteiger partial charge in [-0.15, -0.1) is 0 Å². The molecule has 0 atom stereocenters. The minimum absolute atomic E-state index is 0.0663. The highest BCUT2D eigenvalue weighted by Crippen LogP contribution is 2.11. The number of amides is 1. The maximum atomic E-state index is 11.8. The van der Waals surface area contributed by atoms with Gasteiger partial charge in [-0.25, -0.2) is 0 Å². The molecule has 1 heterocycles. The van der Waals surface area contributed by atoms with Crippen LogP contribution >= 0.6 is 0 Å². The van der Waals surface area contributed by atoms with Crippen molar-refractivity contribution in [3.05, 3.63) is 29.8 Å². The second-order valence-corrected chi connectivity index (χ2v) is 5.23. The van der Waals surface area contributed by atoms with Gasteiger partial charge in [0.25, 0.3) is 0 Å². The minimum Gasteiger partial charge on any atom is -0.497 e. The zero-order valence-corrected chi connectivity index (χ0v) is 12.6. The second kappa shape index (κ2) is 8.64. The van der Waals surface area contributed by atoms with E-state index in [9.17, 15) is 4.79 Å². The molecular formula is C16H24N2O3. The first-order valence-electron chi connectivity index (χ1n) is 7.48. The number of carbonyl (C=O) groups is 1. The number of benzene rings is 1. The number of ether oxygens (including phenoxy) is 2. The molecule has 1 aromatic rings. The fraction of sp³-hybridized carbons (Fsp3) is 0.562. The topological polar surface area (TPSA) is 59.6 Å². The Morgan fingerprint density at radius 3 is 2.67 bits per heavy atom. The van der Waals surface area contributed by atoms with Gasteiger partial charge in [-0.2, -0.15) is 0 Å². The van der Waals surface area contributed by atoms with Crippen LogP contribution in [-0.4, -0.2) is 45.4 Å². The monoisotopic (exact) mass is 292 g/mol. The largest absolute Gasteiger partial charge is 0.497 e. The smallest absolute Gasteiger partial charge is 0.234 e. The molecule has 1 fully saturated rings. The molecule has 0 spiro atoms. The lowest BCUT2D eigenvalue weighted by Gasteiger charge is -2.23. The zero-order chi connectivity index (χ0) is 14.9. The molecule has 0 unspecified atom stereocenters. The zero-order valence-electron chi connectivity index (χ0n) is 12.6. The molecule has 5 heteroatoms. The molecular weight excluding hydrogens is 268 g/mol. The van der Waals surface area contributed by atoms with Crippen LogP contribution in [0.2, 0.25) is 0 Å². The van der Waals surface area contributed by atoms with Gasteiger partial charge in [-0.1, -0.05) is 12.1 Å². The Bertz CT molecular complexity index is 428. The summed E-state index contributed by atoms with van der Waals surface area (Å²) in [5, 5.41) is 6.21. The molecule has 1 aliphatic rings. The van der Waals surface area contributed by atoms with Crippen LogP contribution in [0.1, 0.15) is 18.4 Å². The van der Waals surface area contributed by atoms with E-state index in [4.69, 9.17) is 9.47 Å². The molecule has 21 heavy (non-hydrogen) atoms. The van der Waals surface area contributed by atoms with Crippen molar-refractivity contribution in [2.45, 2.75) is 25.3 Å². The lowest BCUT2D eigenvalue weighted by atomic mass is 10.1. The predicted molar refractivity (Wildman–Crippen MR) is 81.6 cm³/mol. The third-order valence-electron chi connectivity index (χ3n) is 3.62. The highest BCUT2D eigenvalue weighted by Gasteiger charge is 2.15. The minimum atomic E-state index is 0.0663. The Kier molecular flexibility index (Phi) is 6.50. The SMILES string of the molecule is COc1ccc(CCNCC(=O)NC2CCOCC2)cc1. The van der Waals surface area contributed by atoms with E-state index in [1.165, 1.54) is 5.56 Å². The molecule has 5 nitrogen and oxygen atoms in total. The number of carbonyl (C=O) groups excluding carboxylic acids is 1. The molecule has 2 rings (SSSR count). The fourth-order valence-electron chi connectivity index (χ4n) is 2.35. The molecule has 116 valence electrons. The van der Waals surface area contributed by atoms with E-state index >= 15 is 0 Å². The van der Waals surface area contributed by atoms with Crippen molar-refractivity contribution in [1.82, 2.24) is 10.6 Å². The highest BCUT2D eigenvalue weighted by molar-refractivity contribution is 5.78. The Morgan fingerprint density at radius 2 is 2.00 bits per heavy atom. The first-order valence-corrected chi connectivity index (χ1v) is 7.48. The summed E-state index contributed by atoms with van der Waals surface area (Å²) in [7, 11) is 1.66. The summed E-state index contributed by atoms with van der Waals surface area (Å²) in [4.78, 5) is 11.8. The first-order chi connectivity index (χ1) is 10.3. The van der Waals surface area contributed by atoms with Crippen molar-refractivity contribution in [2.24, 2.45) is 0 Å². The fourth-order valence-corrected chi connectivity index (χ4v) is 2.35. The highest BCUT2D eigenvalue weighted by atomic mass is 16.5. The van der Waals surface area contributed by atoms with Gasteiger partial charge in [0.05, 0.1) is 13.7 Å². The van der Waals surface area contributed by atoms with Crippen LogP contribution in [0.5, 0.6) is 5.75 Å². The average Bonchev–Trinajstić information content (AvgIpc) is 2.53. The Labute approximate surface area is 126 Å². The van der Waals surface area contributed by atoms with Gasteiger partial charge < -0.3 is 20.1 Å². The maximum Gasteiger partial charge on any atom is 0.234 e. The van der Waals surface area contributed by atoms with Crippen molar-refractivity contribution in [3.8, 4) is 5.75 Å². The summed E-state index contributed by atoms with van der Waals surface area (Å²) >= 11 is 0. The van der Waals surface area contributed by atoms with E-state index in [1.54, 1.807) is 7.11 Å². The number of rotatable bonds is 7. The molecule has 1 saturated heterocycles. The number of hydrogen-bond acceptors (Lipinski definition) is 4. The van der Waals surface area contributed by atoms with Crippen molar-refractivity contribution in [2.75, 3.05) is 33.4 Å². The molecule has 0 radical (unpaired) electrons. The molecule has 0 aliphatic carbocycles. The van der Waals surface area contributed by atoms with Crippen LogP contribution in [0.15, 0.2) is 24.3 Å². The van der Waals surface area contributed by atoms with E-state index in [1.807, 2.05) is 24.3 Å². The second-order valence-electron chi connectivity index (χ2n) is 5.23. The molecule has 2 N–H and O–H groups in total. The molecule has 1 amide bonds. The Morgan fingerprint density at radius 1 is 1.29 bits per heavy atom. The first kappa shape index (κ1) is 15.8. The average molecular weight is 292 g/mol. The molecule has 0 aromatic heterocycles. The lowest BCUT2D eigenvalue weighted by Crippen LogP contribution is -2.43. The van der Waals surface area contributed by atoms with Crippen molar-refractivity contribution in [1.29, 1.82) is 0 Å². The van der Waals surface area contributed by atoms with E-state index in [0.29, 0.717) is 6.54 Å². The standard InChI is InChI=1S/C16H24N2O3/c1-20-15-4-2-13(3-5-15)6-9-17-12-16(19)18-14-7-10-21-11-8-14/h2-5,14,17H,6-12H2,1H3,(H,18,19). The number of methoxy groups -OCH3 is 1. The summed E-state index contributed by atoms with van der Waals surface area (Å²) in [5.41, 5.74) is 1.23. The van der Waals surface area contributed by atoms with Crippen LogP contribution in [0.25, 0.3) is 0 Å². The van der Waals surface area contributed by atoms with Gasteiger partial charge in [0.15, 0.2) is 0 Å². The van der Waals surface area contributed by atoms with Crippen LogP contribution in [-0.2, 0) is 16.0 Å². The quantitative estimate of drug-likeness (QED) is 0.740. The third-order valence-corrected chi connectivity index (χ3v) is 3.62. The van der Waals surface area contributed by atoms with Crippen LogP contribution in [0.4, 0.5) is 0 Å². The molecule has 0 bridgehead atoms. The van der Waals surface area contributed by atoms with Crippen molar-refractivity contribution < 1.29 is 14.3 Å². The summed E-state index contributed by atoms with van der Waals surface area (Å²) in [6.07, 6.45) is 2.73. The molecule has 1 aromatic carbocycles. The summed E-state index contributed by atoms with van der Waals surface area (Å²) in [6.45, 7) is 2.65. The van der Waals surface area contributed by atoms with E-state index in [0.717, 1.165) is 44.8 Å². The van der Waals surface area contributed by atoms with Crippen LogP contribution in [0.3, 0.4) is 0 Å². The van der Waals surface area contributed by atoms with Gasteiger partial charge in [-0.05, 0) is 43.5 Å². The third kappa shape index (κ3) is 5.73. The summed E-state index contributed by atoms with van der Waals surface area (Å²) in [5.74, 6) is 0.930. The van der Waals surface area contributed by atoms with Gasteiger partial charge >= 0.3 is 0 Å². The van der Waals surface area contributed by atoms with E-state index < -0.39 is 0 Å². The molecule has 1 aliphatic heterocycles. The van der Waals surface area contributed by atoms with E-state index in [-0.39, 0.29) is 11.9 Å². The van der Waals surface area contributed by atoms with Crippen molar-refractivity contribution in [3.63, 3.8) is 0 Å². The Balaban J connectivity index is 1.58. The van der Waals surface area contributed by atoms with Crippen LogP contribution in [0, 0.1) is 0 Å².